The predicted molar refractivity (Wildman–Crippen MR) is 110 cm³/mol. The minimum Gasteiger partial charge on any atom is -0.326 e. The fourth-order valence-electron chi connectivity index (χ4n) is 2.65. The van der Waals surface area contributed by atoms with Crippen molar-refractivity contribution in [2.75, 3.05) is 35.6 Å². The standard InChI is InChI=1S/C21H26N4O3/c1-4-25(13-20(27)23-18-7-5-15(2)6-8-18)14-21(28)24-19-11-9-17(10-12-19)22-16(3)26/h5-12H,4,13-14H2,1-3H3,(H,22,26)(H,23,27)(H,24,28)/p+1. The van der Waals surface area contributed by atoms with Gasteiger partial charge in [-0.25, -0.2) is 0 Å². The second kappa shape index (κ2) is 10.2. The molecule has 2 aromatic rings. The summed E-state index contributed by atoms with van der Waals surface area (Å²) < 4.78 is 0. The summed E-state index contributed by atoms with van der Waals surface area (Å²) in [6.45, 7) is 6.40. The Kier molecular flexibility index (Phi) is 7.71. The third-order valence-electron chi connectivity index (χ3n) is 4.15. The molecule has 7 heteroatoms. The molecule has 0 fully saturated rings. The lowest BCUT2D eigenvalue weighted by atomic mass is 10.2. The van der Waals surface area contributed by atoms with Crippen LogP contribution in [0.15, 0.2) is 48.5 Å². The van der Waals surface area contributed by atoms with Gasteiger partial charge in [-0.3, -0.25) is 14.4 Å². The molecule has 0 aliphatic heterocycles. The number of amides is 3. The summed E-state index contributed by atoms with van der Waals surface area (Å²) in [5.41, 5.74) is 3.17. The summed E-state index contributed by atoms with van der Waals surface area (Å²) in [4.78, 5) is 36.4. The minimum absolute atomic E-state index is 0.131. The molecule has 0 aromatic heterocycles. The van der Waals surface area contributed by atoms with Crippen molar-refractivity contribution in [2.24, 2.45) is 0 Å². The molecular weight excluding hydrogens is 356 g/mol. The summed E-state index contributed by atoms with van der Waals surface area (Å²) in [6, 6.07) is 14.5. The van der Waals surface area contributed by atoms with E-state index in [9.17, 15) is 14.4 Å². The number of hydrogen-bond acceptors (Lipinski definition) is 3. The van der Waals surface area contributed by atoms with Crippen LogP contribution in [0, 0.1) is 6.92 Å². The van der Waals surface area contributed by atoms with E-state index in [1.165, 1.54) is 6.92 Å². The van der Waals surface area contributed by atoms with Gasteiger partial charge in [0, 0.05) is 24.0 Å². The van der Waals surface area contributed by atoms with Crippen molar-refractivity contribution >= 4 is 34.8 Å². The van der Waals surface area contributed by atoms with Crippen LogP contribution in [0.25, 0.3) is 0 Å². The first-order valence-electron chi connectivity index (χ1n) is 9.23. The Labute approximate surface area is 165 Å². The Morgan fingerprint density at radius 1 is 0.750 bits per heavy atom. The maximum Gasteiger partial charge on any atom is 0.279 e. The van der Waals surface area contributed by atoms with Gasteiger partial charge >= 0.3 is 0 Å². The second-order valence-electron chi connectivity index (χ2n) is 6.68. The average molecular weight is 383 g/mol. The van der Waals surface area contributed by atoms with Crippen LogP contribution in [0.5, 0.6) is 0 Å². The van der Waals surface area contributed by atoms with Crippen molar-refractivity contribution < 1.29 is 19.3 Å². The van der Waals surface area contributed by atoms with Crippen molar-refractivity contribution in [3.63, 3.8) is 0 Å². The van der Waals surface area contributed by atoms with E-state index in [-0.39, 0.29) is 30.8 Å². The van der Waals surface area contributed by atoms with Crippen LogP contribution < -0.4 is 20.9 Å². The van der Waals surface area contributed by atoms with Gasteiger partial charge in [-0.05, 0) is 50.2 Å². The number of rotatable bonds is 8. The van der Waals surface area contributed by atoms with Crippen LogP contribution in [0.2, 0.25) is 0 Å². The van der Waals surface area contributed by atoms with Gasteiger partial charge < -0.3 is 20.9 Å². The van der Waals surface area contributed by atoms with Crippen LogP contribution in [0.4, 0.5) is 17.1 Å². The van der Waals surface area contributed by atoms with E-state index < -0.39 is 0 Å². The van der Waals surface area contributed by atoms with E-state index in [0.29, 0.717) is 17.9 Å². The van der Waals surface area contributed by atoms with Gasteiger partial charge in [0.05, 0.1) is 6.54 Å². The zero-order chi connectivity index (χ0) is 20.5. The summed E-state index contributed by atoms with van der Waals surface area (Å²) in [5.74, 6) is -0.455. The molecule has 1 unspecified atom stereocenters. The third-order valence-corrected chi connectivity index (χ3v) is 4.15. The van der Waals surface area contributed by atoms with E-state index in [2.05, 4.69) is 16.0 Å². The predicted octanol–water partition coefficient (Wildman–Crippen LogP) is 1.44. The van der Waals surface area contributed by atoms with Crippen molar-refractivity contribution in [1.29, 1.82) is 0 Å². The lowest BCUT2D eigenvalue weighted by Gasteiger charge is -2.17. The van der Waals surface area contributed by atoms with E-state index in [0.717, 1.165) is 16.2 Å². The number of nitrogens with one attached hydrogen (secondary N) is 4. The summed E-state index contributed by atoms with van der Waals surface area (Å²) >= 11 is 0. The highest BCUT2D eigenvalue weighted by Crippen LogP contribution is 2.13. The van der Waals surface area contributed by atoms with Crippen LogP contribution in [0.1, 0.15) is 19.4 Å². The minimum atomic E-state index is -0.174. The van der Waals surface area contributed by atoms with Crippen molar-refractivity contribution in [3.05, 3.63) is 54.1 Å². The van der Waals surface area contributed by atoms with E-state index in [1.54, 1.807) is 24.3 Å². The molecule has 148 valence electrons. The summed E-state index contributed by atoms with van der Waals surface area (Å²) in [6.07, 6.45) is 0. The maximum atomic E-state index is 12.3. The van der Waals surface area contributed by atoms with Crippen molar-refractivity contribution in [1.82, 2.24) is 0 Å². The molecule has 0 radical (unpaired) electrons. The van der Waals surface area contributed by atoms with Gasteiger partial charge in [0.2, 0.25) is 5.91 Å². The fourth-order valence-corrected chi connectivity index (χ4v) is 2.65. The maximum absolute atomic E-state index is 12.3. The first kappa shape index (κ1) is 21.1. The van der Waals surface area contributed by atoms with Crippen molar-refractivity contribution in [2.45, 2.75) is 20.8 Å². The number of hydrogen-bond donors (Lipinski definition) is 4. The third kappa shape index (κ3) is 7.20. The smallest absolute Gasteiger partial charge is 0.279 e. The molecule has 0 heterocycles. The normalized spacial score (nSPS) is 11.4. The van der Waals surface area contributed by atoms with Gasteiger partial charge in [-0.1, -0.05) is 17.7 Å². The van der Waals surface area contributed by atoms with Crippen LogP contribution >= 0.6 is 0 Å². The van der Waals surface area contributed by atoms with Gasteiger partial charge in [0.1, 0.15) is 0 Å². The number of carbonyl (C=O) groups is 3. The zero-order valence-electron chi connectivity index (χ0n) is 16.5. The lowest BCUT2D eigenvalue weighted by molar-refractivity contribution is -0.881. The molecule has 4 N–H and O–H groups in total. The Morgan fingerprint density at radius 3 is 1.54 bits per heavy atom. The molecule has 3 amide bonds. The molecule has 0 aliphatic rings. The first-order valence-corrected chi connectivity index (χ1v) is 9.23. The molecule has 0 saturated carbocycles. The highest BCUT2D eigenvalue weighted by molar-refractivity contribution is 5.93. The SMILES string of the molecule is CC[NH+](CC(=O)Nc1ccc(C)cc1)CC(=O)Nc1ccc(NC(C)=O)cc1. The van der Waals surface area contributed by atoms with E-state index >= 15 is 0 Å². The van der Waals surface area contributed by atoms with Crippen LogP contribution in [0.3, 0.4) is 0 Å². The molecule has 1 atom stereocenters. The Bertz CT molecular complexity index is 817. The van der Waals surface area contributed by atoms with Crippen LogP contribution in [-0.2, 0) is 14.4 Å². The molecule has 0 bridgehead atoms. The topological polar surface area (TPSA) is 91.7 Å². The Morgan fingerprint density at radius 2 is 1.14 bits per heavy atom. The number of likely N-dealkylation sites (N-methyl/N-ethyl adjacent to an activating group) is 1. The number of anilines is 3. The molecule has 0 aliphatic carbocycles. The quantitative estimate of drug-likeness (QED) is 0.556. The van der Waals surface area contributed by atoms with Gasteiger partial charge in [0.15, 0.2) is 13.1 Å². The fraction of sp³-hybridized carbons (Fsp3) is 0.286. The summed E-state index contributed by atoms with van der Waals surface area (Å²) in [5, 5.41) is 8.34. The monoisotopic (exact) mass is 383 g/mol. The van der Waals surface area contributed by atoms with E-state index in [1.807, 2.05) is 38.1 Å². The highest BCUT2D eigenvalue weighted by Gasteiger charge is 2.17. The largest absolute Gasteiger partial charge is 0.326 e. The number of quaternary nitrogens is 1. The molecule has 28 heavy (non-hydrogen) atoms. The molecule has 0 spiro atoms. The molecular formula is C21H27N4O3+. The van der Waals surface area contributed by atoms with Crippen LogP contribution in [-0.4, -0.2) is 37.4 Å². The van der Waals surface area contributed by atoms with Gasteiger partial charge in [-0.15, -0.1) is 0 Å². The van der Waals surface area contributed by atoms with Crippen molar-refractivity contribution in [3.8, 4) is 0 Å². The molecule has 2 rings (SSSR count). The Hall–Kier alpha value is -3.19. The highest BCUT2D eigenvalue weighted by atomic mass is 16.2. The summed E-state index contributed by atoms with van der Waals surface area (Å²) in [7, 11) is 0. The first-order chi connectivity index (χ1) is 13.4. The molecule has 0 saturated heterocycles. The molecule has 7 nitrogen and oxygen atoms in total. The molecule has 2 aromatic carbocycles. The van der Waals surface area contributed by atoms with Gasteiger partial charge in [0.25, 0.3) is 11.8 Å². The number of carbonyl (C=O) groups excluding carboxylic acids is 3. The number of aryl methyl sites for hydroxylation is 1. The number of benzene rings is 2. The average Bonchev–Trinajstić information content (AvgIpc) is 2.64. The van der Waals surface area contributed by atoms with E-state index in [4.69, 9.17) is 0 Å². The van der Waals surface area contributed by atoms with Gasteiger partial charge in [-0.2, -0.15) is 0 Å². The lowest BCUT2D eigenvalue weighted by Crippen LogP contribution is -3.13. The Balaban J connectivity index is 1.83. The second-order valence-corrected chi connectivity index (χ2v) is 6.68. The zero-order valence-corrected chi connectivity index (χ0v) is 16.5.